The maximum absolute atomic E-state index is 13.6. The second kappa shape index (κ2) is 10.6. The van der Waals surface area contributed by atoms with Crippen LogP contribution in [0.2, 0.25) is 0 Å². The fraction of sp³-hybridized carbons (Fsp3) is 0.536. The number of carbonyl (C=O) groups is 1. The zero-order valence-electron chi connectivity index (χ0n) is 22.5. The van der Waals surface area contributed by atoms with Gasteiger partial charge in [-0.1, -0.05) is 12.1 Å². The molecule has 194 valence electrons. The van der Waals surface area contributed by atoms with Crippen LogP contribution in [0.3, 0.4) is 0 Å². The van der Waals surface area contributed by atoms with Crippen LogP contribution < -0.4 is 16.0 Å². The first-order valence-electron chi connectivity index (χ1n) is 13.1. The molecule has 36 heavy (non-hydrogen) atoms. The van der Waals surface area contributed by atoms with E-state index in [1.165, 1.54) is 5.56 Å². The van der Waals surface area contributed by atoms with E-state index < -0.39 is 5.41 Å². The number of nitrogens with zero attached hydrogens (tertiary/aromatic N) is 4. The molecular weight excluding hydrogens is 450 g/mol. The average Bonchev–Trinajstić information content (AvgIpc) is 3.24. The fourth-order valence-corrected chi connectivity index (χ4v) is 5.81. The predicted molar refractivity (Wildman–Crippen MR) is 147 cm³/mol. The van der Waals surface area contributed by atoms with Crippen molar-refractivity contribution in [1.29, 1.82) is 0 Å². The highest BCUT2D eigenvalue weighted by Gasteiger charge is 2.41. The van der Waals surface area contributed by atoms with Crippen LogP contribution in [-0.4, -0.2) is 57.5 Å². The number of benzene rings is 1. The van der Waals surface area contributed by atoms with Crippen LogP contribution >= 0.6 is 0 Å². The van der Waals surface area contributed by atoms with E-state index in [0.717, 1.165) is 41.2 Å². The summed E-state index contributed by atoms with van der Waals surface area (Å²) in [6.45, 7) is 14.9. The molecule has 2 aromatic heterocycles. The van der Waals surface area contributed by atoms with Crippen LogP contribution in [0.15, 0.2) is 36.8 Å². The lowest BCUT2D eigenvalue weighted by molar-refractivity contribution is -0.126. The Morgan fingerprint density at radius 2 is 1.86 bits per heavy atom. The number of rotatable bonds is 8. The van der Waals surface area contributed by atoms with Crippen molar-refractivity contribution in [2.24, 2.45) is 11.1 Å². The van der Waals surface area contributed by atoms with Crippen molar-refractivity contribution < 1.29 is 4.79 Å². The molecule has 8 nitrogen and oxygen atoms in total. The van der Waals surface area contributed by atoms with Gasteiger partial charge in [0.05, 0.1) is 10.8 Å². The Hall–Kier alpha value is -2.97. The maximum atomic E-state index is 13.6. The van der Waals surface area contributed by atoms with Crippen molar-refractivity contribution >= 4 is 28.4 Å². The molecule has 3 aromatic rings. The number of nitrogens with one attached hydrogen (secondary N) is 2. The van der Waals surface area contributed by atoms with Gasteiger partial charge in [-0.15, -0.1) is 0 Å². The van der Waals surface area contributed by atoms with E-state index in [0.29, 0.717) is 31.5 Å². The van der Waals surface area contributed by atoms with Crippen LogP contribution in [-0.2, 0) is 4.79 Å². The monoisotopic (exact) mass is 491 g/mol. The molecule has 1 unspecified atom stereocenters. The van der Waals surface area contributed by atoms with Crippen molar-refractivity contribution in [2.45, 2.75) is 72.5 Å². The van der Waals surface area contributed by atoms with E-state index in [2.05, 4.69) is 83.7 Å². The number of aromatic nitrogens is 3. The molecule has 8 heteroatoms. The van der Waals surface area contributed by atoms with Crippen LogP contribution in [0.5, 0.6) is 0 Å². The molecule has 4 N–H and O–H groups in total. The molecule has 0 bridgehead atoms. The predicted octanol–water partition coefficient (Wildman–Crippen LogP) is 4.63. The molecule has 0 aliphatic carbocycles. The second-order valence-electron chi connectivity index (χ2n) is 10.8. The number of anilines is 2. The molecular formula is C28H41N7O. The van der Waals surface area contributed by atoms with Crippen molar-refractivity contribution in [3.8, 4) is 0 Å². The Labute approximate surface area is 214 Å². The van der Waals surface area contributed by atoms with Gasteiger partial charge >= 0.3 is 0 Å². The summed E-state index contributed by atoms with van der Waals surface area (Å²) in [6, 6.07) is 9.33. The standard InChI is InChI=1S/C28H41N7O/c1-18(2)35(19(3)4)21(6)22-8-7-9-23(14-22)33-27(36)28(16-29)10-12-34(13-11-28)26-24-20(5)15-30-25(24)31-17-32-26/h7-9,14-15,17-19,21H,10-13,16,29H2,1-6H3,(H,33,36)(H,30,31,32). The average molecular weight is 492 g/mol. The third-order valence-electron chi connectivity index (χ3n) is 7.81. The Balaban J connectivity index is 1.48. The van der Waals surface area contributed by atoms with E-state index in [4.69, 9.17) is 5.73 Å². The number of fused-ring (bicyclic) bond motifs is 1. The topological polar surface area (TPSA) is 103 Å². The third-order valence-corrected chi connectivity index (χ3v) is 7.81. The van der Waals surface area contributed by atoms with Crippen LogP contribution in [0.1, 0.15) is 64.6 Å². The van der Waals surface area contributed by atoms with Gasteiger partial charge in [-0.3, -0.25) is 9.69 Å². The maximum Gasteiger partial charge on any atom is 0.232 e. The Morgan fingerprint density at radius 3 is 2.50 bits per heavy atom. The normalized spacial score (nSPS) is 16.8. The van der Waals surface area contributed by atoms with Crippen LogP contribution in [0.25, 0.3) is 11.0 Å². The Kier molecular flexibility index (Phi) is 7.66. The van der Waals surface area contributed by atoms with E-state index >= 15 is 0 Å². The van der Waals surface area contributed by atoms with E-state index in [-0.39, 0.29) is 11.9 Å². The van der Waals surface area contributed by atoms with Gasteiger partial charge in [0.2, 0.25) is 5.91 Å². The van der Waals surface area contributed by atoms with Gasteiger partial charge < -0.3 is 20.9 Å². The highest BCUT2D eigenvalue weighted by Crippen LogP contribution is 2.36. The van der Waals surface area contributed by atoms with Crippen molar-refractivity contribution in [2.75, 3.05) is 29.9 Å². The summed E-state index contributed by atoms with van der Waals surface area (Å²) in [6.07, 6.45) is 4.91. The van der Waals surface area contributed by atoms with Gasteiger partial charge in [0, 0.05) is 49.6 Å². The number of hydrogen-bond acceptors (Lipinski definition) is 6. The SMILES string of the molecule is Cc1c[nH]c2ncnc(N3CCC(CN)(C(=O)Nc4cccc(C(C)N(C(C)C)C(C)C)c4)CC3)c12. The lowest BCUT2D eigenvalue weighted by atomic mass is 9.77. The summed E-state index contributed by atoms with van der Waals surface area (Å²) in [4.78, 5) is 30.4. The van der Waals surface area contributed by atoms with Gasteiger partial charge in [0.25, 0.3) is 0 Å². The van der Waals surface area contributed by atoms with Crippen molar-refractivity contribution in [3.63, 3.8) is 0 Å². The fourth-order valence-electron chi connectivity index (χ4n) is 5.81. The summed E-state index contributed by atoms with van der Waals surface area (Å²) in [5.74, 6) is 0.927. The summed E-state index contributed by atoms with van der Waals surface area (Å²) in [7, 11) is 0. The molecule has 1 saturated heterocycles. The Morgan fingerprint density at radius 1 is 1.17 bits per heavy atom. The number of aryl methyl sites for hydroxylation is 1. The number of amides is 1. The van der Waals surface area contributed by atoms with Crippen LogP contribution in [0.4, 0.5) is 11.5 Å². The molecule has 4 rings (SSSR count). The quantitative estimate of drug-likeness (QED) is 0.425. The number of piperidine rings is 1. The van der Waals surface area contributed by atoms with Gasteiger partial charge in [0.15, 0.2) is 0 Å². The minimum absolute atomic E-state index is 0.00434. The summed E-state index contributed by atoms with van der Waals surface area (Å²) in [5, 5.41) is 4.24. The van der Waals surface area contributed by atoms with Crippen LogP contribution in [0, 0.1) is 12.3 Å². The van der Waals surface area contributed by atoms with Gasteiger partial charge in [-0.25, -0.2) is 9.97 Å². The summed E-state index contributed by atoms with van der Waals surface area (Å²) in [5.41, 5.74) is 9.63. The summed E-state index contributed by atoms with van der Waals surface area (Å²) < 4.78 is 0. The van der Waals surface area contributed by atoms with E-state index in [1.54, 1.807) is 6.33 Å². The number of hydrogen-bond donors (Lipinski definition) is 3. The highest BCUT2D eigenvalue weighted by molar-refractivity contribution is 5.96. The Bertz CT molecular complexity index is 1190. The lowest BCUT2D eigenvalue weighted by Gasteiger charge is -2.40. The third kappa shape index (κ3) is 4.97. The molecule has 1 aliphatic rings. The molecule has 0 spiro atoms. The molecule has 1 amide bonds. The number of H-pyrrole nitrogens is 1. The largest absolute Gasteiger partial charge is 0.356 e. The molecule has 0 saturated carbocycles. The number of aromatic amines is 1. The summed E-state index contributed by atoms with van der Waals surface area (Å²) >= 11 is 0. The number of nitrogens with two attached hydrogens (primary N) is 1. The molecule has 1 atom stereocenters. The molecule has 1 fully saturated rings. The minimum Gasteiger partial charge on any atom is -0.356 e. The minimum atomic E-state index is -0.598. The first-order valence-corrected chi connectivity index (χ1v) is 13.1. The van der Waals surface area contributed by atoms with Gasteiger partial charge in [-0.05, 0) is 77.6 Å². The van der Waals surface area contributed by atoms with E-state index in [1.807, 2.05) is 18.3 Å². The zero-order valence-corrected chi connectivity index (χ0v) is 22.5. The first-order chi connectivity index (χ1) is 17.2. The van der Waals surface area contributed by atoms with E-state index in [9.17, 15) is 4.79 Å². The smallest absolute Gasteiger partial charge is 0.232 e. The lowest BCUT2D eigenvalue weighted by Crippen LogP contribution is -2.50. The van der Waals surface area contributed by atoms with Gasteiger partial charge in [-0.2, -0.15) is 0 Å². The van der Waals surface area contributed by atoms with Gasteiger partial charge in [0.1, 0.15) is 17.8 Å². The van der Waals surface area contributed by atoms with Crippen molar-refractivity contribution in [1.82, 2.24) is 19.9 Å². The van der Waals surface area contributed by atoms with Crippen molar-refractivity contribution in [3.05, 3.63) is 47.9 Å². The molecule has 3 heterocycles. The molecule has 0 radical (unpaired) electrons. The zero-order chi connectivity index (χ0) is 26.0. The second-order valence-corrected chi connectivity index (χ2v) is 10.8. The first kappa shape index (κ1) is 26.1. The number of carbonyl (C=O) groups excluding carboxylic acids is 1. The molecule has 1 aromatic carbocycles. The highest BCUT2D eigenvalue weighted by atomic mass is 16.2. The molecule has 1 aliphatic heterocycles.